The zero-order valence-corrected chi connectivity index (χ0v) is 9.27. The van der Waals surface area contributed by atoms with Crippen LogP contribution in [0.5, 0.6) is 0 Å². The second-order valence-electron chi connectivity index (χ2n) is 3.44. The Morgan fingerprint density at radius 1 is 1.31 bits per heavy atom. The molecule has 0 amide bonds. The van der Waals surface area contributed by atoms with Crippen molar-refractivity contribution in [3.05, 3.63) is 36.0 Å². The molecule has 0 bridgehead atoms. The lowest BCUT2D eigenvalue weighted by molar-refractivity contribution is 0.895. The van der Waals surface area contributed by atoms with E-state index in [0.717, 1.165) is 12.8 Å². The fraction of sp³-hybridized carbons (Fsp3) is 0.538. The number of rotatable bonds is 6. The second kappa shape index (κ2) is 7.85. The quantitative estimate of drug-likeness (QED) is 0.519. The third-order valence-electron chi connectivity index (χ3n) is 2.17. The van der Waals surface area contributed by atoms with Gasteiger partial charge in [-0.25, -0.2) is 0 Å². The van der Waals surface area contributed by atoms with Crippen LogP contribution in [0.4, 0.5) is 0 Å². The Bertz CT molecular complexity index is 194. The summed E-state index contributed by atoms with van der Waals surface area (Å²) in [6, 6.07) is 0. The summed E-state index contributed by atoms with van der Waals surface area (Å²) in [5.74, 6) is 0. The highest BCUT2D eigenvalue weighted by molar-refractivity contribution is 5.12. The summed E-state index contributed by atoms with van der Waals surface area (Å²) in [5.41, 5.74) is 2.97. The molecule has 0 N–H and O–H groups in total. The van der Waals surface area contributed by atoms with Crippen LogP contribution in [0.25, 0.3) is 0 Å². The Morgan fingerprint density at radius 3 is 2.46 bits per heavy atom. The van der Waals surface area contributed by atoms with Gasteiger partial charge in [0.2, 0.25) is 0 Å². The lowest BCUT2D eigenvalue weighted by atomic mass is 10.1. The molecule has 0 saturated carbocycles. The highest BCUT2D eigenvalue weighted by atomic mass is 14.0. The average Bonchev–Trinajstić information content (AvgIpc) is 2.12. The minimum atomic E-state index is 1.02. The van der Waals surface area contributed by atoms with Crippen molar-refractivity contribution in [2.75, 3.05) is 0 Å². The molecule has 0 spiro atoms. The molecule has 13 heavy (non-hydrogen) atoms. The molecule has 74 valence electrons. The monoisotopic (exact) mass is 178 g/mol. The van der Waals surface area contributed by atoms with Crippen LogP contribution in [0, 0.1) is 0 Å². The first kappa shape index (κ1) is 12.2. The van der Waals surface area contributed by atoms with Gasteiger partial charge in [0.1, 0.15) is 0 Å². The lowest BCUT2D eigenvalue weighted by Crippen LogP contribution is -1.81. The molecule has 0 heterocycles. The summed E-state index contributed by atoms with van der Waals surface area (Å²) >= 11 is 0. The Balaban J connectivity index is 3.96. The summed E-state index contributed by atoms with van der Waals surface area (Å²) in [6.45, 7) is 10.3. The van der Waals surface area contributed by atoms with Gasteiger partial charge in [0, 0.05) is 0 Å². The highest BCUT2D eigenvalue weighted by Gasteiger charge is 1.91. The predicted molar refractivity (Wildman–Crippen MR) is 61.9 cm³/mol. The van der Waals surface area contributed by atoms with Crippen molar-refractivity contribution in [1.29, 1.82) is 0 Å². The molecule has 0 aromatic carbocycles. The summed E-state index contributed by atoms with van der Waals surface area (Å²) in [4.78, 5) is 0. The molecule has 0 saturated heterocycles. The fourth-order valence-electron chi connectivity index (χ4n) is 1.31. The Morgan fingerprint density at radius 2 is 2.00 bits per heavy atom. The van der Waals surface area contributed by atoms with Crippen LogP contribution in [0.1, 0.15) is 46.5 Å². The van der Waals surface area contributed by atoms with Crippen LogP contribution in [-0.4, -0.2) is 0 Å². The van der Waals surface area contributed by atoms with Crippen LogP contribution in [-0.2, 0) is 0 Å². The fourth-order valence-corrected chi connectivity index (χ4v) is 1.31. The maximum Gasteiger partial charge on any atom is -0.0133 e. The minimum Gasteiger partial charge on any atom is -0.103 e. The average molecular weight is 178 g/mol. The number of allylic oxidation sites excluding steroid dienone is 5. The molecular weight excluding hydrogens is 156 g/mol. The molecule has 0 aliphatic rings. The van der Waals surface area contributed by atoms with Gasteiger partial charge in [-0.1, -0.05) is 42.7 Å². The first-order valence-corrected chi connectivity index (χ1v) is 5.15. The van der Waals surface area contributed by atoms with E-state index in [4.69, 9.17) is 0 Å². The Hall–Kier alpha value is -0.780. The molecule has 0 atom stereocenters. The summed E-state index contributed by atoms with van der Waals surface area (Å²) in [5, 5.41) is 0. The maximum absolute atomic E-state index is 3.75. The van der Waals surface area contributed by atoms with Gasteiger partial charge in [0.25, 0.3) is 0 Å². The summed E-state index contributed by atoms with van der Waals surface area (Å²) < 4.78 is 0. The molecule has 0 aromatic rings. The number of hydrogen-bond donors (Lipinski definition) is 0. The van der Waals surface area contributed by atoms with E-state index in [1.165, 1.54) is 24.0 Å². The highest BCUT2D eigenvalue weighted by Crippen LogP contribution is 2.12. The topological polar surface area (TPSA) is 0 Å². The maximum atomic E-state index is 3.75. The van der Waals surface area contributed by atoms with Crippen LogP contribution < -0.4 is 0 Å². The van der Waals surface area contributed by atoms with Gasteiger partial charge in [0.05, 0.1) is 0 Å². The van der Waals surface area contributed by atoms with E-state index in [1.54, 1.807) is 0 Å². The lowest BCUT2D eigenvalue weighted by Gasteiger charge is -2.01. The van der Waals surface area contributed by atoms with Crippen molar-refractivity contribution >= 4 is 0 Å². The zero-order valence-electron chi connectivity index (χ0n) is 9.27. The molecule has 0 nitrogen and oxygen atoms in total. The van der Waals surface area contributed by atoms with Crippen LogP contribution >= 0.6 is 0 Å². The van der Waals surface area contributed by atoms with Crippen molar-refractivity contribution in [3.63, 3.8) is 0 Å². The second-order valence-corrected chi connectivity index (χ2v) is 3.44. The van der Waals surface area contributed by atoms with E-state index >= 15 is 0 Å². The van der Waals surface area contributed by atoms with Crippen molar-refractivity contribution in [1.82, 2.24) is 0 Å². The summed E-state index contributed by atoms with van der Waals surface area (Å²) in [7, 11) is 0. The van der Waals surface area contributed by atoms with Crippen LogP contribution in [0.3, 0.4) is 0 Å². The van der Waals surface area contributed by atoms with Crippen LogP contribution in [0.2, 0.25) is 0 Å². The number of hydrogen-bond acceptors (Lipinski definition) is 0. The standard InChI is InChI=1S/C13H22/c1-5-8-12(4)10-11-13(7-3)9-6-2/h6-7,10H,2,5,8-9,11H2,1,3-4H3. The largest absolute Gasteiger partial charge is 0.103 e. The molecule has 0 heteroatoms. The normalized spacial score (nSPS) is 13.2. The molecule has 0 aromatic heterocycles. The van der Waals surface area contributed by atoms with Crippen molar-refractivity contribution in [2.45, 2.75) is 46.5 Å². The molecule has 0 aliphatic heterocycles. The Labute approximate surface area is 83.0 Å². The third-order valence-corrected chi connectivity index (χ3v) is 2.17. The van der Waals surface area contributed by atoms with E-state index in [1.807, 2.05) is 6.08 Å². The first-order chi connectivity index (χ1) is 6.24. The third kappa shape index (κ3) is 6.39. The van der Waals surface area contributed by atoms with Crippen molar-refractivity contribution < 1.29 is 0 Å². The van der Waals surface area contributed by atoms with E-state index in [2.05, 4.69) is 39.5 Å². The van der Waals surface area contributed by atoms with Gasteiger partial charge in [0.15, 0.2) is 0 Å². The molecule has 0 unspecified atom stereocenters. The minimum absolute atomic E-state index is 1.02. The van der Waals surface area contributed by atoms with E-state index in [9.17, 15) is 0 Å². The van der Waals surface area contributed by atoms with Crippen molar-refractivity contribution in [3.8, 4) is 0 Å². The van der Waals surface area contributed by atoms with E-state index in [-0.39, 0.29) is 0 Å². The molecule has 0 aliphatic carbocycles. The SMILES string of the molecule is C=CCC(=CC)CC=C(C)CCC. The van der Waals surface area contributed by atoms with Gasteiger partial charge >= 0.3 is 0 Å². The van der Waals surface area contributed by atoms with Gasteiger partial charge in [-0.15, -0.1) is 6.58 Å². The van der Waals surface area contributed by atoms with Gasteiger partial charge in [-0.2, -0.15) is 0 Å². The first-order valence-electron chi connectivity index (χ1n) is 5.15. The zero-order chi connectivity index (χ0) is 10.1. The van der Waals surface area contributed by atoms with Gasteiger partial charge < -0.3 is 0 Å². The van der Waals surface area contributed by atoms with E-state index < -0.39 is 0 Å². The van der Waals surface area contributed by atoms with E-state index in [0.29, 0.717) is 0 Å². The molecule has 0 rings (SSSR count). The molecule has 0 radical (unpaired) electrons. The van der Waals surface area contributed by atoms with Gasteiger partial charge in [-0.3, -0.25) is 0 Å². The Kier molecular flexibility index (Phi) is 7.38. The van der Waals surface area contributed by atoms with Crippen LogP contribution in [0.15, 0.2) is 36.0 Å². The predicted octanol–water partition coefficient (Wildman–Crippen LogP) is 4.65. The summed E-state index contributed by atoms with van der Waals surface area (Å²) in [6.07, 6.45) is 11.1. The smallest absolute Gasteiger partial charge is 0.0133 e. The molecule has 0 fully saturated rings. The van der Waals surface area contributed by atoms with Crippen molar-refractivity contribution in [2.24, 2.45) is 0 Å². The molecular formula is C13H22. The van der Waals surface area contributed by atoms with Gasteiger partial charge in [-0.05, 0) is 33.1 Å².